The van der Waals surface area contributed by atoms with Crippen LogP contribution in [0, 0.1) is 0 Å². The van der Waals surface area contributed by atoms with E-state index in [9.17, 15) is 4.79 Å². The summed E-state index contributed by atoms with van der Waals surface area (Å²) < 4.78 is 5.61. The van der Waals surface area contributed by atoms with Gasteiger partial charge in [0.2, 0.25) is 0 Å². The van der Waals surface area contributed by atoms with Crippen molar-refractivity contribution in [3.05, 3.63) is 58.6 Å². The summed E-state index contributed by atoms with van der Waals surface area (Å²) in [4.78, 5) is 12.4. The molecule has 0 radical (unpaired) electrons. The maximum absolute atomic E-state index is 12.4. The molecule has 3 nitrogen and oxygen atoms in total. The van der Waals surface area contributed by atoms with E-state index >= 15 is 0 Å². The van der Waals surface area contributed by atoms with Crippen molar-refractivity contribution in [2.45, 2.75) is 33.1 Å². The quantitative estimate of drug-likeness (QED) is 0.611. The van der Waals surface area contributed by atoms with E-state index in [1.807, 2.05) is 19.1 Å². The van der Waals surface area contributed by atoms with Crippen molar-refractivity contribution in [2.24, 2.45) is 0 Å². The molecule has 0 atom stereocenters. The van der Waals surface area contributed by atoms with Gasteiger partial charge in [0.15, 0.2) is 5.75 Å². The Morgan fingerprint density at radius 1 is 1.17 bits per heavy atom. The number of carbonyl (C=O) groups is 1. The van der Waals surface area contributed by atoms with E-state index in [1.165, 1.54) is 0 Å². The fraction of sp³-hybridized carbons (Fsp3) is 0.316. The molecule has 0 spiro atoms. The van der Waals surface area contributed by atoms with Crippen molar-refractivity contribution < 1.29 is 9.53 Å². The smallest absolute Gasteiger partial charge is 0.343 e. The lowest BCUT2D eigenvalue weighted by Crippen LogP contribution is -2.14. The standard InChI is InChI=1S/C19H22ClNO2/c1-5-21-16-10-9-14(19(2,3)4)12-17(16)23-18(22)13-7-6-8-15(20)11-13/h6-12,21H,5H2,1-4H3. The van der Waals surface area contributed by atoms with Crippen molar-refractivity contribution in [1.29, 1.82) is 0 Å². The second-order valence-corrected chi connectivity index (χ2v) is 6.83. The zero-order valence-electron chi connectivity index (χ0n) is 13.9. The SMILES string of the molecule is CCNc1ccc(C(C)(C)C)cc1OC(=O)c1cccc(Cl)c1. The molecule has 0 amide bonds. The van der Waals surface area contributed by atoms with Crippen LogP contribution in [0.3, 0.4) is 0 Å². The van der Waals surface area contributed by atoms with Gasteiger partial charge in [0.05, 0.1) is 11.3 Å². The molecule has 122 valence electrons. The maximum atomic E-state index is 12.4. The monoisotopic (exact) mass is 331 g/mol. The zero-order chi connectivity index (χ0) is 17.0. The second-order valence-electron chi connectivity index (χ2n) is 6.39. The van der Waals surface area contributed by atoms with Gasteiger partial charge >= 0.3 is 5.97 Å². The topological polar surface area (TPSA) is 38.3 Å². The fourth-order valence-corrected chi connectivity index (χ4v) is 2.37. The van der Waals surface area contributed by atoms with E-state index in [2.05, 4.69) is 32.2 Å². The van der Waals surface area contributed by atoms with Crippen LogP contribution in [0.5, 0.6) is 5.75 Å². The molecule has 0 unspecified atom stereocenters. The number of hydrogen-bond acceptors (Lipinski definition) is 3. The van der Waals surface area contributed by atoms with Crippen molar-refractivity contribution in [3.8, 4) is 5.75 Å². The number of hydrogen-bond donors (Lipinski definition) is 1. The van der Waals surface area contributed by atoms with Crippen molar-refractivity contribution in [1.82, 2.24) is 0 Å². The summed E-state index contributed by atoms with van der Waals surface area (Å²) >= 11 is 5.94. The first-order valence-corrected chi connectivity index (χ1v) is 8.05. The number of ether oxygens (including phenoxy) is 1. The predicted octanol–water partition coefficient (Wildman–Crippen LogP) is 5.29. The van der Waals surface area contributed by atoms with Gasteiger partial charge < -0.3 is 10.1 Å². The fourth-order valence-electron chi connectivity index (χ4n) is 2.18. The van der Waals surface area contributed by atoms with Crippen LogP contribution in [0.25, 0.3) is 0 Å². The summed E-state index contributed by atoms with van der Waals surface area (Å²) in [5.74, 6) is 0.113. The molecule has 0 heterocycles. The Morgan fingerprint density at radius 2 is 1.91 bits per heavy atom. The predicted molar refractivity (Wildman–Crippen MR) is 95.7 cm³/mol. The van der Waals surface area contributed by atoms with Crippen LogP contribution in [0.1, 0.15) is 43.6 Å². The van der Waals surface area contributed by atoms with Crippen LogP contribution in [0.15, 0.2) is 42.5 Å². The first-order valence-electron chi connectivity index (χ1n) is 7.67. The Labute approximate surface area is 142 Å². The minimum atomic E-state index is -0.419. The molecule has 0 aliphatic carbocycles. The zero-order valence-corrected chi connectivity index (χ0v) is 14.7. The molecule has 0 saturated heterocycles. The Morgan fingerprint density at radius 3 is 2.52 bits per heavy atom. The summed E-state index contributed by atoms with van der Waals surface area (Å²) in [6.07, 6.45) is 0. The minimum absolute atomic E-state index is 0.0258. The van der Waals surface area contributed by atoms with Gasteiger partial charge in [0.1, 0.15) is 0 Å². The third-order valence-electron chi connectivity index (χ3n) is 3.48. The molecule has 2 aromatic rings. The second kappa shape index (κ2) is 7.05. The lowest BCUT2D eigenvalue weighted by atomic mass is 9.87. The molecule has 2 aromatic carbocycles. The molecule has 0 fully saturated rings. The summed E-state index contributed by atoms with van der Waals surface area (Å²) in [6.45, 7) is 9.12. The van der Waals surface area contributed by atoms with E-state index < -0.39 is 5.97 Å². The highest BCUT2D eigenvalue weighted by atomic mass is 35.5. The molecular weight excluding hydrogens is 310 g/mol. The maximum Gasteiger partial charge on any atom is 0.343 e. The lowest BCUT2D eigenvalue weighted by molar-refractivity contribution is 0.0735. The molecule has 0 aliphatic rings. The molecule has 1 N–H and O–H groups in total. The highest BCUT2D eigenvalue weighted by Gasteiger charge is 2.18. The summed E-state index contributed by atoms with van der Waals surface area (Å²) in [7, 11) is 0. The van der Waals surface area contributed by atoms with Crippen LogP contribution < -0.4 is 10.1 Å². The highest BCUT2D eigenvalue weighted by Crippen LogP contribution is 2.32. The molecular formula is C19H22ClNO2. The average Bonchev–Trinajstić information content (AvgIpc) is 2.48. The van der Waals surface area contributed by atoms with E-state index in [4.69, 9.17) is 16.3 Å². The van der Waals surface area contributed by atoms with Crippen LogP contribution in [-0.4, -0.2) is 12.5 Å². The van der Waals surface area contributed by atoms with Gasteiger partial charge in [0, 0.05) is 11.6 Å². The van der Waals surface area contributed by atoms with Gasteiger partial charge in [-0.2, -0.15) is 0 Å². The first kappa shape index (κ1) is 17.4. The number of nitrogens with one attached hydrogen (secondary N) is 1. The van der Waals surface area contributed by atoms with Gasteiger partial charge in [-0.1, -0.05) is 44.5 Å². The normalized spacial score (nSPS) is 11.2. The van der Waals surface area contributed by atoms with E-state index in [0.717, 1.165) is 17.8 Å². The van der Waals surface area contributed by atoms with Crippen molar-refractivity contribution in [3.63, 3.8) is 0 Å². The number of esters is 1. The van der Waals surface area contributed by atoms with Gasteiger partial charge in [-0.15, -0.1) is 0 Å². The number of benzene rings is 2. The highest BCUT2D eigenvalue weighted by molar-refractivity contribution is 6.30. The third-order valence-corrected chi connectivity index (χ3v) is 3.71. The Kier molecular flexibility index (Phi) is 5.32. The van der Waals surface area contributed by atoms with Gasteiger partial charge in [-0.05, 0) is 48.2 Å². The molecule has 0 saturated carbocycles. The number of anilines is 1. The third kappa shape index (κ3) is 4.49. The Hall–Kier alpha value is -2.00. The Bertz CT molecular complexity index is 705. The molecule has 0 aromatic heterocycles. The first-order chi connectivity index (χ1) is 10.8. The van der Waals surface area contributed by atoms with E-state index in [-0.39, 0.29) is 5.41 Å². The van der Waals surface area contributed by atoms with Gasteiger partial charge in [-0.3, -0.25) is 0 Å². The average molecular weight is 332 g/mol. The number of rotatable bonds is 4. The van der Waals surface area contributed by atoms with Gasteiger partial charge in [-0.25, -0.2) is 4.79 Å². The molecule has 4 heteroatoms. The van der Waals surface area contributed by atoms with Crippen molar-refractivity contribution >= 4 is 23.3 Å². The number of halogens is 1. The van der Waals surface area contributed by atoms with Crippen LogP contribution in [-0.2, 0) is 5.41 Å². The summed E-state index contributed by atoms with van der Waals surface area (Å²) in [5, 5.41) is 3.73. The van der Waals surface area contributed by atoms with Crippen molar-refractivity contribution in [2.75, 3.05) is 11.9 Å². The lowest BCUT2D eigenvalue weighted by Gasteiger charge is -2.21. The largest absolute Gasteiger partial charge is 0.421 e. The van der Waals surface area contributed by atoms with Crippen LogP contribution >= 0.6 is 11.6 Å². The molecule has 2 rings (SSSR count). The minimum Gasteiger partial charge on any atom is -0.421 e. The summed E-state index contributed by atoms with van der Waals surface area (Å²) in [6, 6.07) is 12.7. The molecule has 0 aliphatic heterocycles. The van der Waals surface area contributed by atoms with Gasteiger partial charge in [0.25, 0.3) is 0 Å². The summed E-state index contributed by atoms with van der Waals surface area (Å²) in [5.41, 5.74) is 2.31. The molecule has 0 bridgehead atoms. The molecule has 23 heavy (non-hydrogen) atoms. The van der Waals surface area contributed by atoms with Crippen LogP contribution in [0.2, 0.25) is 5.02 Å². The van der Waals surface area contributed by atoms with Crippen LogP contribution in [0.4, 0.5) is 5.69 Å². The van der Waals surface area contributed by atoms with E-state index in [0.29, 0.717) is 16.3 Å². The number of carbonyl (C=O) groups excluding carboxylic acids is 1. The van der Waals surface area contributed by atoms with E-state index in [1.54, 1.807) is 24.3 Å². The Balaban J connectivity index is 2.34.